The third kappa shape index (κ3) is 7.85. The summed E-state index contributed by atoms with van der Waals surface area (Å²) in [7, 11) is 1.40. The SMILES string of the molecule is CCS(=O)(=O)N(C)CCCNC(=NC)NCc1cc(OC)ccc1OC(F)F. The third-order valence-electron chi connectivity index (χ3n) is 3.94. The number of hydrogen-bond acceptors (Lipinski definition) is 5. The van der Waals surface area contributed by atoms with E-state index in [1.54, 1.807) is 27.1 Å². The molecule has 0 aliphatic carbocycles. The van der Waals surface area contributed by atoms with Crippen molar-refractivity contribution in [2.75, 3.05) is 40.0 Å². The van der Waals surface area contributed by atoms with Crippen LogP contribution < -0.4 is 20.1 Å². The van der Waals surface area contributed by atoms with Gasteiger partial charge in [0.05, 0.1) is 12.9 Å². The Morgan fingerprint density at radius 1 is 1.32 bits per heavy atom. The van der Waals surface area contributed by atoms with Crippen LogP contribution in [0.3, 0.4) is 0 Å². The van der Waals surface area contributed by atoms with Gasteiger partial charge in [-0.05, 0) is 31.5 Å². The van der Waals surface area contributed by atoms with Crippen molar-refractivity contribution in [3.05, 3.63) is 23.8 Å². The molecule has 0 fully saturated rings. The molecule has 1 aromatic rings. The van der Waals surface area contributed by atoms with Crippen molar-refractivity contribution in [1.82, 2.24) is 14.9 Å². The van der Waals surface area contributed by atoms with Gasteiger partial charge in [-0.25, -0.2) is 12.7 Å². The van der Waals surface area contributed by atoms with Gasteiger partial charge in [0.15, 0.2) is 5.96 Å². The fourth-order valence-corrected chi connectivity index (χ4v) is 3.15. The average molecular weight is 422 g/mol. The molecule has 0 bridgehead atoms. The summed E-state index contributed by atoms with van der Waals surface area (Å²) < 4.78 is 59.5. The van der Waals surface area contributed by atoms with Crippen LogP contribution in [-0.4, -0.2) is 65.3 Å². The Balaban J connectivity index is 2.58. The van der Waals surface area contributed by atoms with E-state index < -0.39 is 16.6 Å². The number of benzene rings is 1. The van der Waals surface area contributed by atoms with E-state index in [-0.39, 0.29) is 18.0 Å². The summed E-state index contributed by atoms with van der Waals surface area (Å²) in [6.45, 7) is -0.283. The van der Waals surface area contributed by atoms with Gasteiger partial charge in [0.25, 0.3) is 0 Å². The van der Waals surface area contributed by atoms with E-state index in [9.17, 15) is 17.2 Å². The first kappa shape index (κ1) is 23.9. The van der Waals surface area contributed by atoms with Crippen LogP contribution in [0.1, 0.15) is 18.9 Å². The van der Waals surface area contributed by atoms with Crippen LogP contribution in [-0.2, 0) is 16.6 Å². The number of methoxy groups -OCH3 is 1. The Morgan fingerprint density at radius 3 is 2.61 bits per heavy atom. The van der Waals surface area contributed by atoms with Gasteiger partial charge in [0, 0.05) is 39.3 Å². The highest BCUT2D eigenvalue weighted by Gasteiger charge is 2.14. The van der Waals surface area contributed by atoms with E-state index in [1.807, 2.05) is 0 Å². The van der Waals surface area contributed by atoms with E-state index in [2.05, 4.69) is 20.4 Å². The molecule has 28 heavy (non-hydrogen) atoms. The molecule has 2 N–H and O–H groups in total. The lowest BCUT2D eigenvalue weighted by atomic mass is 10.2. The minimum Gasteiger partial charge on any atom is -0.497 e. The summed E-state index contributed by atoms with van der Waals surface area (Å²) in [6.07, 6.45) is 0.579. The first-order valence-corrected chi connectivity index (χ1v) is 10.3. The molecule has 160 valence electrons. The van der Waals surface area contributed by atoms with Crippen LogP contribution >= 0.6 is 0 Å². The molecule has 0 heterocycles. The maximum absolute atomic E-state index is 12.6. The second-order valence-electron chi connectivity index (χ2n) is 5.78. The fourth-order valence-electron chi connectivity index (χ4n) is 2.30. The molecule has 0 saturated carbocycles. The second kappa shape index (κ2) is 11.6. The molecule has 8 nitrogen and oxygen atoms in total. The molecule has 1 aromatic carbocycles. The minimum absolute atomic E-state index is 0.0464. The molecule has 0 saturated heterocycles. The van der Waals surface area contributed by atoms with E-state index in [0.29, 0.717) is 36.8 Å². The Morgan fingerprint density at radius 2 is 2.04 bits per heavy atom. The van der Waals surface area contributed by atoms with Gasteiger partial charge in [0.1, 0.15) is 11.5 Å². The monoisotopic (exact) mass is 422 g/mol. The largest absolute Gasteiger partial charge is 0.497 e. The minimum atomic E-state index is -3.20. The lowest BCUT2D eigenvalue weighted by Gasteiger charge is -2.17. The normalized spacial score (nSPS) is 12.4. The zero-order valence-electron chi connectivity index (χ0n) is 16.5. The highest BCUT2D eigenvalue weighted by Crippen LogP contribution is 2.25. The summed E-state index contributed by atoms with van der Waals surface area (Å²) in [5, 5.41) is 6.06. The number of ether oxygens (including phenoxy) is 2. The molecule has 0 spiro atoms. The highest BCUT2D eigenvalue weighted by molar-refractivity contribution is 7.89. The maximum atomic E-state index is 12.6. The molecule has 0 radical (unpaired) electrons. The number of hydrogen-bond donors (Lipinski definition) is 2. The fraction of sp³-hybridized carbons (Fsp3) is 0.588. The molecular formula is C17H28F2N4O4S. The van der Waals surface area contributed by atoms with Crippen molar-refractivity contribution in [1.29, 1.82) is 0 Å². The molecule has 0 aromatic heterocycles. The number of nitrogens with zero attached hydrogens (tertiary/aromatic N) is 2. The molecule has 11 heteroatoms. The van der Waals surface area contributed by atoms with Crippen molar-refractivity contribution in [2.24, 2.45) is 4.99 Å². The average Bonchev–Trinajstić information content (AvgIpc) is 2.67. The molecule has 0 aliphatic heterocycles. The first-order valence-electron chi connectivity index (χ1n) is 8.73. The van der Waals surface area contributed by atoms with Gasteiger partial charge in [0.2, 0.25) is 10.0 Å². The zero-order valence-corrected chi connectivity index (χ0v) is 17.4. The predicted octanol–water partition coefficient (Wildman–Crippen LogP) is 1.63. The van der Waals surface area contributed by atoms with E-state index >= 15 is 0 Å². The highest BCUT2D eigenvalue weighted by atomic mass is 32.2. The van der Waals surface area contributed by atoms with Crippen LogP contribution in [0.5, 0.6) is 11.5 Å². The van der Waals surface area contributed by atoms with Crippen molar-refractivity contribution >= 4 is 16.0 Å². The van der Waals surface area contributed by atoms with Crippen molar-refractivity contribution < 1.29 is 26.7 Å². The number of halogens is 2. The maximum Gasteiger partial charge on any atom is 0.387 e. The van der Waals surface area contributed by atoms with Crippen LogP contribution in [0.2, 0.25) is 0 Å². The predicted molar refractivity (Wildman–Crippen MR) is 105 cm³/mol. The lowest BCUT2D eigenvalue weighted by molar-refractivity contribution is -0.0505. The standard InChI is InChI=1S/C17H28F2N4O4S/c1-5-28(24,25)23(3)10-6-9-21-17(20-2)22-12-13-11-14(26-4)7-8-15(13)27-16(18)19/h7-8,11,16H,5-6,9-10,12H2,1-4H3,(H2,20,21,22). The molecule has 1 rings (SSSR count). The smallest absolute Gasteiger partial charge is 0.387 e. The summed E-state index contributed by atoms with van der Waals surface area (Å²) in [6, 6.07) is 4.56. The number of sulfonamides is 1. The topological polar surface area (TPSA) is 92.3 Å². The quantitative estimate of drug-likeness (QED) is 0.320. The molecular weight excluding hydrogens is 394 g/mol. The van der Waals surface area contributed by atoms with Crippen LogP contribution in [0, 0.1) is 0 Å². The van der Waals surface area contributed by atoms with Gasteiger partial charge in [-0.2, -0.15) is 8.78 Å². The van der Waals surface area contributed by atoms with Gasteiger partial charge in [-0.15, -0.1) is 0 Å². The van der Waals surface area contributed by atoms with Gasteiger partial charge in [-0.1, -0.05) is 0 Å². The first-order chi connectivity index (χ1) is 13.2. The molecule has 0 aliphatic rings. The van der Waals surface area contributed by atoms with Crippen LogP contribution in [0.15, 0.2) is 23.2 Å². The molecule has 0 atom stereocenters. The van der Waals surface area contributed by atoms with Crippen LogP contribution in [0.25, 0.3) is 0 Å². The summed E-state index contributed by atoms with van der Waals surface area (Å²) in [5.74, 6) is 1.07. The zero-order chi connectivity index (χ0) is 21.2. The number of aliphatic imine (C=N–C) groups is 1. The van der Waals surface area contributed by atoms with Crippen molar-refractivity contribution in [3.63, 3.8) is 0 Å². The Kier molecular flexibility index (Phi) is 9.94. The van der Waals surface area contributed by atoms with Crippen molar-refractivity contribution in [3.8, 4) is 11.5 Å². The Labute approximate surface area is 165 Å². The molecule has 0 unspecified atom stereocenters. The molecule has 0 amide bonds. The third-order valence-corrected chi connectivity index (χ3v) is 5.80. The summed E-state index contributed by atoms with van der Waals surface area (Å²) >= 11 is 0. The van der Waals surface area contributed by atoms with E-state index in [4.69, 9.17) is 4.74 Å². The van der Waals surface area contributed by atoms with E-state index in [1.165, 1.54) is 23.5 Å². The van der Waals surface area contributed by atoms with Crippen molar-refractivity contribution in [2.45, 2.75) is 26.5 Å². The number of guanidine groups is 1. The lowest BCUT2D eigenvalue weighted by Crippen LogP contribution is -2.38. The summed E-state index contributed by atoms with van der Waals surface area (Å²) in [5.41, 5.74) is 0.483. The Hall–Kier alpha value is -2.14. The van der Waals surface area contributed by atoms with Crippen LogP contribution in [0.4, 0.5) is 8.78 Å². The number of alkyl halides is 2. The summed E-state index contributed by atoms with van der Waals surface area (Å²) in [4.78, 5) is 4.06. The number of rotatable bonds is 11. The van der Waals surface area contributed by atoms with E-state index in [0.717, 1.165) is 0 Å². The second-order valence-corrected chi connectivity index (χ2v) is 8.14. The number of nitrogens with one attached hydrogen (secondary N) is 2. The Bertz CT molecular complexity index is 745. The van der Waals surface area contributed by atoms with Gasteiger partial charge >= 0.3 is 6.61 Å². The van der Waals surface area contributed by atoms with Gasteiger partial charge in [-0.3, -0.25) is 4.99 Å². The van der Waals surface area contributed by atoms with Gasteiger partial charge < -0.3 is 20.1 Å².